The fourth-order valence-electron chi connectivity index (χ4n) is 2.72. The van der Waals surface area contributed by atoms with E-state index < -0.39 is 0 Å². The molecule has 2 nitrogen and oxygen atoms in total. The maximum atomic E-state index is 12.4. The number of allylic oxidation sites excluding steroid dienone is 4. The number of ketones is 1. The summed E-state index contributed by atoms with van der Waals surface area (Å²) in [5.41, 5.74) is 1.07. The number of ether oxygens (including phenoxy) is 1. The molecule has 2 atom stereocenters. The van der Waals surface area contributed by atoms with Gasteiger partial charge in [0.15, 0.2) is 5.78 Å². The number of rotatable bonds is 4. The number of carbonyl (C=O) groups is 1. The van der Waals surface area contributed by atoms with Crippen molar-refractivity contribution in [2.45, 2.75) is 25.7 Å². The van der Waals surface area contributed by atoms with Crippen LogP contribution in [0.2, 0.25) is 0 Å². The maximum Gasteiger partial charge on any atom is 0.163 e. The minimum absolute atomic E-state index is 0.125. The summed E-state index contributed by atoms with van der Waals surface area (Å²) in [5, 5.41) is 0. The Bertz CT molecular complexity index is 485. The Labute approximate surface area is 114 Å². The monoisotopic (exact) mass is 256 g/mol. The molecule has 0 N–H and O–H groups in total. The fraction of sp³-hybridized carbons (Fsp3) is 0.353. The summed E-state index contributed by atoms with van der Waals surface area (Å²) >= 11 is 0. The first-order valence-electron chi connectivity index (χ1n) is 6.79. The van der Waals surface area contributed by atoms with Gasteiger partial charge in [-0.1, -0.05) is 49.8 Å². The van der Waals surface area contributed by atoms with E-state index in [0.29, 0.717) is 0 Å². The van der Waals surface area contributed by atoms with E-state index in [0.717, 1.165) is 24.2 Å². The first kappa shape index (κ1) is 13.6. The predicted octanol–water partition coefficient (Wildman–Crippen LogP) is 3.86. The predicted molar refractivity (Wildman–Crippen MR) is 76.8 cm³/mol. The molecule has 0 heterocycles. The molecule has 1 aliphatic carbocycles. The van der Waals surface area contributed by atoms with Crippen LogP contribution in [0.3, 0.4) is 0 Å². The van der Waals surface area contributed by atoms with Crippen molar-refractivity contribution < 1.29 is 9.53 Å². The van der Waals surface area contributed by atoms with E-state index in [2.05, 4.69) is 6.92 Å². The lowest BCUT2D eigenvalue weighted by Gasteiger charge is -2.26. The van der Waals surface area contributed by atoms with Crippen molar-refractivity contribution >= 4 is 5.78 Å². The Morgan fingerprint density at radius 2 is 1.95 bits per heavy atom. The summed E-state index contributed by atoms with van der Waals surface area (Å²) in [5.74, 6) is 1.05. The SMILES string of the molecule is CCC[C@H]1C(OC)=CC=CC(=O)[C@@H]1c1ccccc1. The van der Waals surface area contributed by atoms with Crippen LogP contribution in [-0.4, -0.2) is 12.9 Å². The zero-order valence-electron chi connectivity index (χ0n) is 11.5. The summed E-state index contributed by atoms with van der Waals surface area (Å²) in [6, 6.07) is 9.99. The van der Waals surface area contributed by atoms with Crippen LogP contribution in [0.25, 0.3) is 0 Å². The van der Waals surface area contributed by atoms with Crippen molar-refractivity contribution in [3.05, 3.63) is 59.9 Å². The van der Waals surface area contributed by atoms with Crippen LogP contribution in [0.4, 0.5) is 0 Å². The zero-order chi connectivity index (χ0) is 13.7. The van der Waals surface area contributed by atoms with Gasteiger partial charge in [0.05, 0.1) is 18.8 Å². The first-order chi connectivity index (χ1) is 9.27. The van der Waals surface area contributed by atoms with Crippen LogP contribution in [-0.2, 0) is 9.53 Å². The molecule has 2 rings (SSSR count). The summed E-state index contributed by atoms with van der Waals surface area (Å²) in [6.45, 7) is 2.14. The summed E-state index contributed by atoms with van der Waals surface area (Å²) < 4.78 is 5.49. The van der Waals surface area contributed by atoms with E-state index in [1.807, 2.05) is 36.4 Å². The summed E-state index contributed by atoms with van der Waals surface area (Å²) in [7, 11) is 1.68. The largest absolute Gasteiger partial charge is 0.501 e. The van der Waals surface area contributed by atoms with Crippen molar-refractivity contribution in [3.8, 4) is 0 Å². The summed E-state index contributed by atoms with van der Waals surface area (Å²) in [6.07, 6.45) is 7.36. The number of hydrogen-bond donors (Lipinski definition) is 0. The first-order valence-corrected chi connectivity index (χ1v) is 6.79. The molecule has 0 saturated carbocycles. The lowest BCUT2D eigenvalue weighted by atomic mass is 9.80. The van der Waals surface area contributed by atoms with Crippen molar-refractivity contribution in [1.82, 2.24) is 0 Å². The lowest BCUT2D eigenvalue weighted by molar-refractivity contribution is -0.117. The molecule has 0 spiro atoms. The van der Waals surface area contributed by atoms with Crippen LogP contribution in [0.1, 0.15) is 31.2 Å². The second-order valence-corrected chi connectivity index (χ2v) is 4.82. The zero-order valence-corrected chi connectivity index (χ0v) is 11.5. The van der Waals surface area contributed by atoms with Gasteiger partial charge in [-0.2, -0.15) is 0 Å². The third kappa shape index (κ3) is 2.95. The number of carbonyl (C=O) groups excluding carboxylic acids is 1. The van der Waals surface area contributed by atoms with Crippen LogP contribution in [0.5, 0.6) is 0 Å². The second-order valence-electron chi connectivity index (χ2n) is 4.82. The van der Waals surface area contributed by atoms with Crippen LogP contribution < -0.4 is 0 Å². The molecule has 0 unspecified atom stereocenters. The van der Waals surface area contributed by atoms with Gasteiger partial charge in [0, 0.05) is 5.92 Å². The van der Waals surface area contributed by atoms with Gasteiger partial charge in [-0.25, -0.2) is 0 Å². The van der Waals surface area contributed by atoms with Crippen molar-refractivity contribution in [2.24, 2.45) is 5.92 Å². The van der Waals surface area contributed by atoms with Gasteiger partial charge in [-0.3, -0.25) is 4.79 Å². The molecule has 0 amide bonds. The van der Waals surface area contributed by atoms with Crippen molar-refractivity contribution in [3.63, 3.8) is 0 Å². The Hall–Kier alpha value is -1.83. The van der Waals surface area contributed by atoms with Crippen LogP contribution >= 0.6 is 0 Å². The highest BCUT2D eigenvalue weighted by molar-refractivity contribution is 5.96. The smallest absolute Gasteiger partial charge is 0.163 e. The van der Waals surface area contributed by atoms with E-state index in [-0.39, 0.29) is 17.6 Å². The van der Waals surface area contributed by atoms with Crippen LogP contribution in [0.15, 0.2) is 54.3 Å². The van der Waals surface area contributed by atoms with E-state index >= 15 is 0 Å². The normalized spacial score (nSPS) is 22.8. The van der Waals surface area contributed by atoms with E-state index in [9.17, 15) is 4.79 Å². The van der Waals surface area contributed by atoms with E-state index in [4.69, 9.17) is 4.74 Å². The minimum atomic E-state index is -0.133. The maximum absolute atomic E-state index is 12.4. The van der Waals surface area contributed by atoms with Crippen molar-refractivity contribution in [2.75, 3.05) is 7.11 Å². The Balaban J connectivity index is 2.43. The molecular weight excluding hydrogens is 236 g/mol. The highest BCUT2D eigenvalue weighted by Crippen LogP contribution is 2.36. The molecule has 1 aliphatic rings. The average Bonchev–Trinajstić information content (AvgIpc) is 2.59. The lowest BCUT2D eigenvalue weighted by Crippen LogP contribution is -2.22. The molecule has 1 aromatic rings. The average molecular weight is 256 g/mol. The van der Waals surface area contributed by atoms with Gasteiger partial charge in [-0.15, -0.1) is 0 Å². The second kappa shape index (κ2) is 6.37. The highest BCUT2D eigenvalue weighted by Gasteiger charge is 2.32. The van der Waals surface area contributed by atoms with Gasteiger partial charge < -0.3 is 4.74 Å². The van der Waals surface area contributed by atoms with Crippen LogP contribution in [0, 0.1) is 5.92 Å². The molecule has 0 aliphatic heterocycles. The molecule has 100 valence electrons. The fourth-order valence-corrected chi connectivity index (χ4v) is 2.72. The Morgan fingerprint density at radius 1 is 1.21 bits per heavy atom. The Kier molecular flexibility index (Phi) is 4.56. The van der Waals surface area contributed by atoms with Gasteiger partial charge in [0.25, 0.3) is 0 Å². The molecular formula is C17H20O2. The Morgan fingerprint density at radius 3 is 2.58 bits per heavy atom. The quantitative estimate of drug-likeness (QED) is 0.817. The van der Waals surface area contributed by atoms with E-state index in [1.54, 1.807) is 19.3 Å². The number of benzene rings is 1. The number of hydrogen-bond acceptors (Lipinski definition) is 2. The molecule has 19 heavy (non-hydrogen) atoms. The number of methoxy groups -OCH3 is 1. The highest BCUT2D eigenvalue weighted by atomic mass is 16.5. The topological polar surface area (TPSA) is 26.3 Å². The molecule has 2 heteroatoms. The van der Waals surface area contributed by atoms with Gasteiger partial charge in [0.2, 0.25) is 0 Å². The molecule has 0 saturated heterocycles. The standard InChI is InChI=1S/C17H20O2/c1-3-8-14-16(19-2)12-7-11-15(18)17(14)13-9-5-4-6-10-13/h4-7,9-12,14,17H,3,8H2,1-2H3/t14-,17+/m0/s1. The molecule has 0 fully saturated rings. The van der Waals surface area contributed by atoms with E-state index in [1.165, 1.54) is 0 Å². The molecule has 0 aromatic heterocycles. The molecule has 0 bridgehead atoms. The minimum Gasteiger partial charge on any atom is -0.501 e. The van der Waals surface area contributed by atoms with Gasteiger partial charge in [-0.05, 0) is 24.1 Å². The molecule has 0 radical (unpaired) electrons. The molecule has 1 aromatic carbocycles. The third-order valence-electron chi connectivity index (χ3n) is 3.59. The van der Waals surface area contributed by atoms with Gasteiger partial charge in [0.1, 0.15) is 0 Å². The van der Waals surface area contributed by atoms with Gasteiger partial charge >= 0.3 is 0 Å². The van der Waals surface area contributed by atoms with Crippen molar-refractivity contribution in [1.29, 1.82) is 0 Å². The summed E-state index contributed by atoms with van der Waals surface area (Å²) in [4.78, 5) is 12.4. The third-order valence-corrected chi connectivity index (χ3v) is 3.59.